The summed E-state index contributed by atoms with van der Waals surface area (Å²) in [7, 11) is 4.41. The number of piperidine rings is 1. The molecule has 3 heteroatoms. The van der Waals surface area contributed by atoms with Crippen molar-refractivity contribution in [2.24, 2.45) is 5.41 Å². The van der Waals surface area contributed by atoms with E-state index in [1.54, 1.807) is 0 Å². The van der Waals surface area contributed by atoms with Gasteiger partial charge >= 0.3 is 0 Å². The first-order valence-electron chi connectivity index (χ1n) is 7.06. The zero-order valence-electron chi connectivity index (χ0n) is 12.1. The lowest BCUT2D eigenvalue weighted by molar-refractivity contribution is 0.0990. The van der Waals surface area contributed by atoms with Gasteiger partial charge in [-0.1, -0.05) is 13.8 Å². The van der Waals surface area contributed by atoms with Gasteiger partial charge in [-0.05, 0) is 64.0 Å². The topological polar surface area (TPSA) is 6.48 Å². The predicted octanol–water partition coefficient (Wildman–Crippen LogP) is 2.75. The van der Waals surface area contributed by atoms with Gasteiger partial charge < -0.3 is 9.80 Å². The van der Waals surface area contributed by atoms with Crippen LogP contribution in [0.15, 0.2) is 0 Å². The maximum atomic E-state index is 4.58. The molecule has 0 aromatic carbocycles. The number of likely N-dealkylation sites (tertiary alicyclic amines) is 1. The molecule has 1 heterocycles. The van der Waals surface area contributed by atoms with E-state index in [2.05, 4.69) is 50.4 Å². The molecule has 1 fully saturated rings. The highest BCUT2D eigenvalue weighted by molar-refractivity contribution is 7.80. The highest BCUT2D eigenvalue weighted by atomic mass is 32.1. The Kier molecular flexibility index (Phi) is 6.32. The molecular weight excluding hydrogens is 228 g/mol. The van der Waals surface area contributed by atoms with Gasteiger partial charge in [0.25, 0.3) is 0 Å². The molecule has 1 aliphatic heterocycles. The van der Waals surface area contributed by atoms with Gasteiger partial charge in [-0.2, -0.15) is 12.6 Å². The summed E-state index contributed by atoms with van der Waals surface area (Å²) >= 11 is 4.58. The highest BCUT2D eigenvalue weighted by Crippen LogP contribution is 2.30. The monoisotopic (exact) mass is 258 g/mol. The average molecular weight is 258 g/mol. The first kappa shape index (κ1) is 15.3. The molecule has 0 aliphatic carbocycles. The van der Waals surface area contributed by atoms with Crippen LogP contribution >= 0.6 is 12.6 Å². The first-order valence-corrected chi connectivity index (χ1v) is 7.69. The van der Waals surface area contributed by atoms with E-state index in [9.17, 15) is 0 Å². The second-order valence-electron chi connectivity index (χ2n) is 5.84. The number of thiol groups is 1. The average Bonchev–Trinajstić information content (AvgIpc) is 2.37. The maximum absolute atomic E-state index is 4.58. The zero-order chi connectivity index (χ0) is 12.9. The maximum Gasteiger partial charge on any atom is 0.0113 e. The van der Waals surface area contributed by atoms with Crippen molar-refractivity contribution < 1.29 is 0 Å². The van der Waals surface area contributed by atoms with Crippen LogP contribution in [0.4, 0.5) is 0 Å². The van der Waals surface area contributed by atoms with Crippen molar-refractivity contribution in [2.75, 3.05) is 39.5 Å². The lowest BCUT2D eigenvalue weighted by atomic mass is 9.83. The third-order valence-electron chi connectivity index (χ3n) is 4.68. The minimum atomic E-state index is 0.439. The van der Waals surface area contributed by atoms with Crippen LogP contribution in [-0.4, -0.2) is 55.3 Å². The minimum absolute atomic E-state index is 0.439. The third kappa shape index (κ3) is 4.15. The van der Waals surface area contributed by atoms with Crippen molar-refractivity contribution in [1.29, 1.82) is 0 Å². The van der Waals surface area contributed by atoms with Crippen molar-refractivity contribution in [3.8, 4) is 0 Å². The Morgan fingerprint density at radius 3 is 2.06 bits per heavy atom. The molecule has 0 N–H and O–H groups in total. The van der Waals surface area contributed by atoms with E-state index in [0.717, 1.165) is 11.8 Å². The van der Waals surface area contributed by atoms with E-state index < -0.39 is 0 Å². The van der Waals surface area contributed by atoms with Gasteiger partial charge in [-0.25, -0.2) is 0 Å². The van der Waals surface area contributed by atoms with Crippen LogP contribution in [-0.2, 0) is 0 Å². The fourth-order valence-corrected chi connectivity index (χ4v) is 3.36. The molecule has 0 bridgehead atoms. The summed E-state index contributed by atoms with van der Waals surface area (Å²) in [5.74, 6) is 1.02. The summed E-state index contributed by atoms with van der Waals surface area (Å²) in [5, 5.41) is 0. The summed E-state index contributed by atoms with van der Waals surface area (Å²) in [6.45, 7) is 8.39. The fraction of sp³-hybridized carbons (Fsp3) is 1.00. The molecule has 2 nitrogen and oxygen atoms in total. The Labute approximate surface area is 113 Å². The quantitative estimate of drug-likeness (QED) is 0.732. The summed E-state index contributed by atoms with van der Waals surface area (Å²) < 4.78 is 0. The van der Waals surface area contributed by atoms with Crippen molar-refractivity contribution >= 4 is 12.6 Å². The van der Waals surface area contributed by atoms with Crippen LogP contribution in [0, 0.1) is 5.41 Å². The molecule has 1 saturated heterocycles. The summed E-state index contributed by atoms with van der Waals surface area (Å²) in [4.78, 5) is 5.03. The SMILES string of the molecule is CCC(CC)(CS)CN1CCC(N(C)C)CC1. The predicted molar refractivity (Wildman–Crippen MR) is 80.0 cm³/mol. The summed E-state index contributed by atoms with van der Waals surface area (Å²) in [6.07, 6.45) is 5.15. The molecule has 0 aromatic rings. The molecule has 1 rings (SSSR count). The molecule has 0 radical (unpaired) electrons. The molecule has 0 aromatic heterocycles. The van der Waals surface area contributed by atoms with Gasteiger partial charge in [0.1, 0.15) is 0 Å². The number of rotatable bonds is 6. The van der Waals surface area contributed by atoms with Crippen molar-refractivity contribution in [3.05, 3.63) is 0 Å². The molecule has 1 aliphatic rings. The van der Waals surface area contributed by atoms with Gasteiger partial charge in [0.05, 0.1) is 0 Å². The normalized spacial score (nSPS) is 20.1. The van der Waals surface area contributed by atoms with E-state index in [1.165, 1.54) is 45.3 Å². The molecule has 17 heavy (non-hydrogen) atoms. The second kappa shape index (κ2) is 7.01. The van der Waals surface area contributed by atoms with Crippen molar-refractivity contribution in [2.45, 2.75) is 45.6 Å². The Morgan fingerprint density at radius 2 is 1.71 bits per heavy atom. The van der Waals surface area contributed by atoms with E-state index in [-0.39, 0.29) is 0 Å². The molecule has 0 unspecified atom stereocenters. The highest BCUT2D eigenvalue weighted by Gasteiger charge is 2.29. The summed E-state index contributed by atoms with van der Waals surface area (Å²) in [6, 6.07) is 0.792. The van der Waals surface area contributed by atoms with Crippen LogP contribution in [0.3, 0.4) is 0 Å². The van der Waals surface area contributed by atoms with Gasteiger partial charge in [0.15, 0.2) is 0 Å². The summed E-state index contributed by atoms with van der Waals surface area (Å²) in [5.41, 5.74) is 0.439. The smallest absolute Gasteiger partial charge is 0.0113 e. The standard InChI is InChI=1S/C14H30N2S/c1-5-14(6-2,12-17)11-16-9-7-13(8-10-16)15(3)4/h13,17H,5-12H2,1-4H3. The first-order chi connectivity index (χ1) is 8.06. The Bertz CT molecular complexity index is 198. The van der Waals surface area contributed by atoms with Crippen LogP contribution in [0.2, 0.25) is 0 Å². The van der Waals surface area contributed by atoms with Gasteiger partial charge in [0, 0.05) is 12.6 Å². The number of hydrogen-bond acceptors (Lipinski definition) is 3. The lowest BCUT2D eigenvalue weighted by Gasteiger charge is -2.41. The molecule has 0 spiro atoms. The molecule has 0 atom stereocenters. The minimum Gasteiger partial charge on any atom is -0.306 e. The number of hydrogen-bond donors (Lipinski definition) is 1. The van der Waals surface area contributed by atoms with Gasteiger partial charge in [0.2, 0.25) is 0 Å². The fourth-order valence-electron chi connectivity index (χ4n) is 2.82. The largest absolute Gasteiger partial charge is 0.306 e. The van der Waals surface area contributed by atoms with E-state index in [4.69, 9.17) is 0 Å². The van der Waals surface area contributed by atoms with Crippen LogP contribution in [0.25, 0.3) is 0 Å². The molecule has 0 amide bonds. The Balaban J connectivity index is 2.44. The van der Waals surface area contributed by atoms with Crippen LogP contribution in [0.5, 0.6) is 0 Å². The van der Waals surface area contributed by atoms with E-state index >= 15 is 0 Å². The third-order valence-corrected chi connectivity index (χ3v) is 5.35. The van der Waals surface area contributed by atoms with E-state index in [1.807, 2.05) is 0 Å². The number of nitrogens with zero attached hydrogens (tertiary/aromatic N) is 2. The van der Waals surface area contributed by atoms with Gasteiger partial charge in [-0.3, -0.25) is 0 Å². The van der Waals surface area contributed by atoms with Crippen molar-refractivity contribution in [1.82, 2.24) is 9.80 Å². The zero-order valence-corrected chi connectivity index (χ0v) is 13.0. The van der Waals surface area contributed by atoms with Crippen LogP contribution < -0.4 is 0 Å². The van der Waals surface area contributed by atoms with Crippen molar-refractivity contribution in [3.63, 3.8) is 0 Å². The second-order valence-corrected chi connectivity index (χ2v) is 6.15. The van der Waals surface area contributed by atoms with Gasteiger partial charge in [-0.15, -0.1) is 0 Å². The molecule has 0 saturated carbocycles. The Morgan fingerprint density at radius 1 is 1.18 bits per heavy atom. The lowest BCUT2D eigenvalue weighted by Crippen LogP contribution is -2.46. The van der Waals surface area contributed by atoms with Crippen LogP contribution in [0.1, 0.15) is 39.5 Å². The Hall–Kier alpha value is 0.270. The molecule has 102 valence electrons. The molecular formula is C14H30N2S. The van der Waals surface area contributed by atoms with E-state index in [0.29, 0.717) is 5.41 Å².